The first-order chi connectivity index (χ1) is 19.0. The van der Waals surface area contributed by atoms with Crippen LogP contribution in [0.4, 0.5) is 18.9 Å². The molecule has 1 unspecified atom stereocenters. The number of nitrogens with zero attached hydrogens (tertiary/aromatic N) is 4. The molecule has 212 valence electrons. The predicted octanol–water partition coefficient (Wildman–Crippen LogP) is 4.06. The van der Waals surface area contributed by atoms with Gasteiger partial charge in [-0.05, 0) is 48.7 Å². The van der Waals surface area contributed by atoms with E-state index in [1.807, 2.05) is 17.9 Å². The van der Waals surface area contributed by atoms with Crippen molar-refractivity contribution >= 4 is 45.7 Å². The molecule has 2 N–H and O–H groups in total. The molecule has 3 aromatic rings. The van der Waals surface area contributed by atoms with Gasteiger partial charge in [-0.1, -0.05) is 23.2 Å². The molecule has 3 aliphatic heterocycles. The Balaban J connectivity index is 1.12. The van der Waals surface area contributed by atoms with Gasteiger partial charge in [0.1, 0.15) is 11.6 Å². The topological polar surface area (TPSA) is 84.6 Å². The van der Waals surface area contributed by atoms with E-state index in [4.69, 9.17) is 23.2 Å². The first-order valence-corrected chi connectivity index (χ1v) is 13.8. The van der Waals surface area contributed by atoms with E-state index in [0.717, 1.165) is 17.2 Å². The number of likely N-dealkylation sites (tertiary alicyclic amines) is 2. The number of aromatic nitrogens is 2. The van der Waals surface area contributed by atoms with Gasteiger partial charge < -0.3 is 15.2 Å². The molecule has 1 amide bonds. The summed E-state index contributed by atoms with van der Waals surface area (Å²) in [5, 5.41) is 4.01. The van der Waals surface area contributed by atoms with Crippen molar-refractivity contribution in [2.75, 3.05) is 44.6 Å². The zero-order valence-electron chi connectivity index (χ0n) is 21.6. The fourth-order valence-electron chi connectivity index (χ4n) is 5.86. The average Bonchev–Trinajstić information content (AvgIpc) is 2.83. The summed E-state index contributed by atoms with van der Waals surface area (Å²) in [4.78, 5) is 38.4. The van der Waals surface area contributed by atoms with Crippen LogP contribution in [0.5, 0.6) is 0 Å². The molecular weight excluding hydrogens is 568 g/mol. The van der Waals surface area contributed by atoms with E-state index in [0.29, 0.717) is 54.0 Å². The first-order valence-electron chi connectivity index (χ1n) is 13.1. The minimum atomic E-state index is -2.60. The summed E-state index contributed by atoms with van der Waals surface area (Å²) >= 11 is 12.5. The normalized spacial score (nSPS) is 21.1. The highest BCUT2D eigenvalue weighted by atomic mass is 35.5. The molecule has 0 aliphatic carbocycles. The van der Waals surface area contributed by atoms with Crippen molar-refractivity contribution in [3.63, 3.8) is 0 Å². The number of halogens is 5. The number of hydrogen-bond acceptors (Lipinski definition) is 6. The van der Waals surface area contributed by atoms with Crippen LogP contribution in [0, 0.1) is 5.82 Å². The molecule has 4 heterocycles. The standard InChI is InChI=1S/C27H27Cl2F3N6O2/c1-14-25-15(4-16(28)5-19(25)29)2-3-38(14)24(39)8-33-22-7-21-18(6-20(22)30)26(40)35-23(34-21)11-36-9-17(10-36)37-12-27(31,32)13-37/h4-7,14,17,33H,2-3,8-13H2,1H3,(H,34,35,40). The van der Waals surface area contributed by atoms with Crippen molar-refractivity contribution in [1.29, 1.82) is 0 Å². The summed E-state index contributed by atoms with van der Waals surface area (Å²) in [5.41, 5.74) is 1.74. The molecule has 1 atom stereocenters. The van der Waals surface area contributed by atoms with Gasteiger partial charge in [-0.2, -0.15) is 0 Å². The van der Waals surface area contributed by atoms with Crippen LogP contribution >= 0.6 is 23.2 Å². The Morgan fingerprint density at radius 3 is 2.67 bits per heavy atom. The van der Waals surface area contributed by atoms with Crippen LogP contribution in [0.25, 0.3) is 10.9 Å². The highest BCUT2D eigenvalue weighted by molar-refractivity contribution is 6.35. The summed E-state index contributed by atoms with van der Waals surface area (Å²) in [6.45, 7) is 3.33. The Kier molecular flexibility index (Phi) is 6.97. The van der Waals surface area contributed by atoms with Gasteiger partial charge in [-0.25, -0.2) is 18.2 Å². The molecule has 2 fully saturated rings. The van der Waals surface area contributed by atoms with Crippen LogP contribution in [0.3, 0.4) is 0 Å². The molecule has 40 heavy (non-hydrogen) atoms. The Labute approximate surface area is 238 Å². The first kappa shape index (κ1) is 27.3. The number of fused-ring (bicyclic) bond motifs is 2. The van der Waals surface area contributed by atoms with E-state index in [-0.39, 0.29) is 48.7 Å². The van der Waals surface area contributed by atoms with E-state index in [1.165, 1.54) is 6.07 Å². The van der Waals surface area contributed by atoms with E-state index in [9.17, 15) is 22.8 Å². The average molecular weight is 595 g/mol. The minimum Gasteiger partial charge on any atom is -0.374 e. The quantitative estimate of drug-likeness (QED) is 0.448. The molecule has 2 aromatic carbocycles. The van der Waals surface area contributed by atoms with Crippen LogP contribution < -0.4 is 10.9 Å². The van der Waals surface area contributed by atoms with Gasteiger partial charge in [0.25, 0.3) is 11.5 Å². The Bertz CT molecular complexity index is 1550. The SMILES string of the molecule is CC1c2c(Cl)cc(Cl)cc2CCN1C(=O)CNc1cc2nc(CN3CC(N4CC(F)(F)C4)C3)[nH]c(=O)c2cc1F. The number of benzene rings is 2. The molecule has 0 saturated carbocycles. The molecule has 0 spiro atoms. The highest BCUT2D eigenvalue weighted by Crippen LogP contribution is 2.37. The molecule has 8 nitrogen and oxygen atoms in total. The molecule has 2 saturated heterocycles. The summed E-state index contributed by atoms with van der Waals surface area (Å²) in [7, 11) is 0. The Morgan fingerprint density at radius 1 is 1.20 bits per heavy atom. The lowest BCUT2D eigenvalue weighted by atomic mass is 9.93. The predicted molar refractivity (Wildman–Crippen MR) is 147 cm³/mol. The molecular formula is C27H27Cl2F3N6O2. The molecule has 1 aromatic heterocycles. The van der Waals surface area contributed by atoms with E-state index >= 15 is 0 Å². The number of rotatable bonds is 6. The lowest BCUT2D eigenvalue weighted by Gasteiger charge is -2.51. The van der Waals surface area contributed by atoms with Gasteiger partial charge in [0.2, 0.25) is 5.91 Å². The van der Waals surface area contributed by atoms with Crippen LogP contribution in [-0.4, -0.2) is 81.8 Å². The van der Waals surface area contributed by atoms with Gasteiger partial charge in [0.15, 0.2) is 0 Å². The minimum absolute atomic E-state index is 0.0579. The van der Waals surface area contributed by atoms with Gasteiger partial charge in [-0.15, -0.1) is 0 Å². The number of carbonyl (C=O) groups is 1. The number of H-pyrrole nitrogens is 1. The largest absolute Gasteiger partial charge is 0.374 e. The third kappa shape index (κ3) is 5.15. The van der Waals surface area contributed by atoms with E-state index < -0.39 is 17.3 Å². The van der Waals surface area contributed by atoms with Crippen LogP contribution in [0.15, 0.2) is 29.1 Å². The van der Waals surface area contributed by atoms with Crippen molar-refractivity contribution in [2.24, 2.45) is 0 Å². The monoisotopic (exact) mass is 594 g/mol. The lowest BCUT2D eigenvalue weighted by Crippen LogP contribution is -2.68. The third-order valence-electron chi connectivity index (χ3n) is 7.98. The van der Waals surface area contributed by atoms with Crippen molar-refractivity contribution in [3.05, 3.63) is 67.4 Å². The maximum Gasteiger partial charge on any atom is 0.272 e. The second-order valence-corrected chi connectivity index (χ2v) is 11.6. The third-order valence-corrected chi connectivity index (χ3v) is 8.51. The van der Waals surface area contributed by atoms with Crippen LogP contribution in [0.1, 0.15) is 29.9 Å². The summed E-state index contributed by atoms with van der Waals surface area (Å²) in [5.74, 6) is -3.10. The van der Waals surface area contributed by atoms with Gasteiger partial charge >= 0.3 is 0 Å². The van der Waals surface area contributed by atoms with Gasteiger partial charge in [0.05, 0.1) is 48.8 Å². The van der Waals surface area contributed by atoms with Crippen molar-refractivity contribution in [3.8, 4) is 0 Å². The maximum atomic E-state index is 14.9. The highest BCUT2D eigenvalue weighted by Gasteiger charge is 2.49. The maximum absolute atomic E-state index is 14.9. The van der Waals surface area contributed by atoms with E-state index in [2.05, 4.69) is 15.3 Å². The fraction of sp³-hybridized carbons (Fsp3) is 0.444. The number of amides is 1. The van der Waals surface area contributed by atoms with Crippen molar-refractivity contribution in [1.82, 2.24) is 24.7 Å². The zero-order valence-corrected chi connectivity index (χ0v) is 23.1. The number of anilines is 1. The van der Waals surface area contributed by atoms with Crippen molar-refractivity contribution < 1.29 is 18.0 Å². The summed E-state index contributed by atoms with van der Waals surface area (Å²) in [6.07, 6.45) is 0.605. The molecule has 13 heteroatoms. The zero-order chi connectivity index (χ0) is 28.3. The molecule has 6 rings (SSSR count). The Hall–Kier alpha value is -2.86. The molecule has 3 aliphatic rings. The number of nitrogens with one attached hydrogen (secondary N) is 2. The van der Waals surface area contributed by atoms with Crippen LogP contribution in [-0.2, 0) is 17.8 Å². The summed E-state index contributed by atoms with van der Waals surface area (Å²) in [6, 6.07) is 5.84. The second kappa shape index (κ2) is 10.2. The van der Waals surface area contributed by atoms with Crippen LogP contribution in [0.2, 0.25) is 10.0 Å². The van der Waals surface area contributed by atoms with Gasteiger partial charge in [0, 0.05) is 35.7 Å². The number of aromatic amines is 1. The number of alkyl halides is 2. The molecule has 0 bridgehead atoms. The fourth-order valence-corrected chi connectivity index (χ4v) is 6.55. The smallest absolute Gasteiger partial charge is 0.272 e. The van der Waals surface area contributed by atoms with Crippen molar-refractivity contribution in [2.45, 2.75) is 37.9 Å². The molecule has 0 radical (unpaired) electrons. The number of carbonyl (C=O) groups excluding carboxylic acids is 1. The van der Waals surface area contributed by atoms with E-state index in [1.54, 1.807) is 15.9 Å². The second-order valence-electron chi connectivity index (χ2n) is 10.8. The summed E-state index contributed by atoms with van der Waals surface area (Å²) < 4.78 is 41.1. The number of hydrogen-bond donors (Lipinski definition) is 2. The Morgan fingerprint density at radius 2 is 1.95 bits per heavy atom. The van der Waals surface area contributed by atoms with Gasteiger partial charge in [-0.3, -0.25) is 19.4 Å². The lowest BCUT2D eigenvalue weighted by molar-refractivity contribution is -0.165.